The average Bonchev–Trinajstić information content (AvgIpc) is 2.96. The zero-order chi connectivity index (χ0) is 13.9. The van der Waals surface area contributed by atoms with Crippen LogP contribution in [0.5, 0.6) is 0 Å². The van der Waals surface area contributed by atoms with Gasteiger partial charge < -0.3 is 5.32 Å². The van der Waals surface area contributed by atoms with Crippen molar-refractivity contribution in [3.05, 3.63) is 33.9 Å². The summed E-state index contributed by atoms with van der Waals surface area (Å²) in [6, 6.07) is 3.98. The van der Waals surface area contributed by atoms with Crippen molar-refractivity contribution < 1.29 is 13.2 Å². The van der Waals surface area contributed by atoms with E-state index in [1.807, 2.05) is 24.4 Å². The predicted molar refractivity (Wildman–Crippen MR) is 76.5 cm³/mol. The summed E-state index contributed by atoms with van der Waals surface area (Å²) in [6.45, 7) is 2.02. The number of thiophene rings is 1. The van der Waals surface area contributed by atoms with Crippen molar-refractivity contribution in [3.63, 3.8) is 0 Å². The van der Waals surface area contributed by atoms with Crippen LogP contribution in [0.2, 0.25) is 0 Å². The molecular weight excluding hydrogens is 282 g/mol. The van der Waals surface area contributed by atoms with Crippen LogP contribution in [0, 0.1) is 5.92 Å². The highest BCUT2D eigenvalue weighted by Crippen LogP contribution is 2.23. The minimum Gasteiger partial charge on any atom is -0.348 e. The lowest BCUT2D eigenvalue weighted by Crippen LogP contribution is -2.29. The van der Waals surface area contributed by atoms with Crippen LogP contribution in [0.4, 0.5) is 0 Å². The number of amides is 1. The van der Waals surface area contributed by atoms with Crippen molar-refractivity contribution >= 4 is 27.1 Å². The van der Waals surface area contributed by atoms with E-state index in [0.29, 0.717) is 0 Å². The summed E-state index contributed by atoms with van der Waals surface area (Å²) in [7, 11) is -3.08. The van der Waals surface area contributed by atoms with E-state index in [1.54, 1.807) is 17.4 Å². The number of hydrogen-bond donors (Lipinski definition) is 1. The van der Waals surface area contributed by atoms with Gasteiger partial charge in [0.2, 0.25) is 5.91 Å². The Morgan fingerprint density at radius 3 is 2.89 bits per heavy atom. The summed E-state index contributed by atoms with van der Waals surface area (Å²) < 4.78 is 22.5. The lowest BCUT2D eigenvalue weighted by Gasteiger charge is -2.16. The highest BCUT2D eigenvalue weighted by Gasteiger charge is 2.24. The Labute approximate surface area is 117 Å². The van der Waals surface area contributed by atoms with Crippen LogP contribution < -0.4 is 5.32 Å². The maximum atomic E-state index is 11.9. The molecule has 2 heterocycles. The van der Waals surface area contributed by atoms with E-state index in [2.05, 4.69) is 5.32 Å². The minimum atomic E-state index is -3.08. The number of hydrogen-bond acceptors (Lipinski definition) is 4. The molecule has 0 radical (unpaired) electrons. The zero-order valence-electron chi connectivity index (χ0n) is 10.7. The van der Waals surface area contributed by atoms with Gasteiger partial charge in [-0.2, -0.15) is 0 Å². The molecule has 2 atom stereocenters. The van der Waals surface area contributed by atoms with Gasteiger partial charge in [-0.05, 0) is 17.9 Å². The molecule has 1 aromatic heterocycles. The van der Waals surface area contributed by atoms with Gasteiger partial charge in [-0.25, -0.2) is 8.42 Å². The second-order valence-electron chi connectivity index (χ2n) is 4.67. The highest BCUT2D eigenvalue weighted by atomic mass is 32.2. The van der Waals surface area contributed by atoms with Crippen molar-refractivity contribution in [2.75, 3.05) is 5.75 Å². The first-order chi connectivity index (χ1) is 9.00. The van der Waals surface area contributed by atoms with E-state index in [9.17, 15) is 13.2 Å². The molecule has 0 bridgehead atoms. The molecule has 19 heavy (non-hydrogen) atoms. The van der Waals surface area contributed by atoms with Gasteiger partial charge in [0.1, 0.15) is 0 Å². The van der Waals surface area contributed by atoms with E-state index >= 15 is 0 Å². The van der Waals surface area contributed by atoms with Gasteiger partial charge in [0.15, 0.2) is 9.84 Å². The fourth-order valence-electron chi connectivity index (χ4n) is 2.12. The molecule has 0 aromatic carbocycles. The molecule has 4 nitrogen and oxygen atoms in total. The summed E-state index contributed by atoms with van der Waals surface area (Å²) in [4.78, 5) is 13.1. The number of nitrogens with one attached hydrogen (secondary N) is 1. The molecule has 0 saturated carbocycles. The molecule has 1 N–H and O–H groups in total. The monoisotopic (exact) mass is 299 g/mol. The molecule has 0 fully saturated rings. The van der Waals surface area contributed by atoms with Crippen LogP contribution in [0.25, 0.3) is 0 Å². The minimum absolute atomic E-state index is 0.0227. The van der Waals surface area contributed by atoms with E-state index < -0.39 is 9.84 Å². The van der Waals surface area contributed by atoms with Crippen molar-refractivity contribution in [1.82, 2.24) is 5.32 Å². The summed E-state index contributed by atoms with van der Waals surface area (Å²) in [5.74, 6) is -0.228. The van der Waals surface area contributed by atoms with Gasteiger partial charge in [0.05, 0.1) is 11.8 Å². The molecule has 1 aliphatic heterocycles. The number of carbonyl (C=O) groups excluding carboxylic acids is 1. The largest absolute Gasteiger partial charge is 0.348 e. The van der Waals surface area contributed by atoms with Crippen LogP contribution in [0.3, 0.4) is 0 Å². The van der Waals surface area contributed by atoms with Gasteiger partial charge in [-0.1, -0.05) is 19.1 Å². The lowest BCUT2D eigenvalue weighted by atomic mass is 10.1. The van der Waals surface area contributed by atoms with Crippen LogP contribution in [0.1, 0.15) is 30.7 Å². The molecule has 2 rings (SSSR count). The average molecular weight is 299 g/mol. The van der Waals surface area contributed by atoms with E-state index in [4.69, 9.17) is 0 Å². The van der Waals surface area contributed by atoms with Gasteiger partial charge in [0.25, 0.3) is 0 Å². The zero-order valence-corrected chi connectivity index (χ0v) is 12.3. The first-order valence-corrected chi connectivity index (χ1v) is 8.83. The topological polar surface area (TPSA) is 63.2 Å². The molecule has 0 spiro atoms. The van der Waals surface area contributed by atoms with Crippen molar-refractivity contribution in [2.45, 2.75) is 25.8 Å². The molecule has 104 valence electrons. The normalized spacial score (nSPS) is 22.3. The lowest BCUT2D eigenvalue weighted by molar-refractivity contribution is -0.122. The third-order valence-electron chi connectivity index (χ3n) is 3.08. The van der Waals surface area contributed by atoms with Crippen molar-refractivity contribution in [1.29, 1.82) is 0 Å². The van der Waals surface area contributed by atoms with Gasteiger partial charge in [-0.15, -0.1) is 11.3 Å². The van der Waals surface area contributed by atoms with Gasteiger partial charge >= 0.3 is 0 Å². The molecule has 0 aliphatic carbocycles. The first kappa shape index (κ1) is 14.3. The maximum Gasteiger partial charge on any atom is 0.221 e. The standard InChI is InChI=1S/C13H17NO3S2/c1-2-11(12-4-3-6-18-12)14-13(15)8-10-5-7-19(16,17)9-10/h3-7,10-11H,2,8-9H2,1H3,(H,14,15). The quantitative estimate of drug-likeness (QED) is 0.907. The molecule has 2 unspecified atom stereocenters. The molecule has 6 heteroatoms. The molecular formula is C13H17NO3S2. The second kappa shape index (κ2) is 5.88. The summed E-state index contributed by atoms with van der Waals surface area (Å²) in [5.41, 5.74) is 0. The van der Waals surface area contributed by atoms with Crippen molar-refractivity contribution in [3.8, 4) is 0 Å². The number of rotatable bonds is 5. The summed E-state index contributed by atoms with van der Waals surface area (Å²) >= 11 is 1.62. The Morgan fingerprint density at radius 2 is 2.37 bits per heavy atom. The third-order valence-corrected chi connectivity index (χ3v) is 5.53. The Balaban J connectivity index is 1.89. The van der Waals surface area contributed by atoms with Gasteiger partial charge in [0, 0.05) is 22.6 Å². The van der Waals surface area contributed by atoms with E-state index in [-0.39, 0.29) is 30.0 Å². The maximum absolute atomic E-state index is 11.9. The smallest absolute Gasteiger partial charge is 0.221 e. The Kier molecular flexibility index (Phi) is 4.42. The van der Waals surface area contributed by atoms with Crippen molar-refractivity contribution in [2.24, 2.45) is 5.92 Å². The predicted octanol–water partition coefficient (Wildman–Crippen LogP) is 2.26. The van der Waals surface area contributed by atoms with Gasteiger partial charge in [-0.3, -0.25) is 4.79 Å². The fraction of sp³-hybridized carbons (Fsp3) is 0.462. The second-order valence-corrected chi connectivity index (χ2v) is 7.58. The number of allylic oxidation sites excluding steroid dienone is 1. The summed E-state index contributed by atoms with van der Waals surface area (Å²) in [5, 5.41) is 6.16. The van der Waals surface area contributed by atoms with Crippen LogP contribution in [-0.2, 0) is 14.6 Å². The van der Waals surface area contributed by atoms with Crippen LogP contribution in [0.15, 0.2) is 29.0 Å². The molecule has 1 aliphatic rings. The number of carbonyl (C=O) groups is 1. The van der Waals surface area contributed by atoms with E-state index in [1.165, 1.54) is 5.41 Å². The summed E-state index contributed by atoms with van der Waals surface area (Å²) in [6.07, 6.45) is 2.67. The Hall–Kier alpha value is -1.14. The molecule has 0 saturated heterocycles. The Bertz CT molecular complexity index is 561. The first-order valence-electron chi connectivity index (χ1n) is 6.24. The van der Waals surface area contributed by atoms with Crippen LogP contribution in [-0.4, -0.2) is 20.1 Å². The fourth-order valence-corrected chi connectivity index (χ4v) is 4.38. The van der Waals surface area contributed by atoms with Crippen LogP contribution >= 0.6 is 11.3 Å². The van der Waals surface area contributed by atoms with E-state index in [0.717, 1.165) is 11.3 Å². The molecule has 1 amide bonds. The third kappa shape index (κ3) is 3.91. The number of sulfone groups is 1. The molecule has 1 aromatic rings. The Morgan fingerprint density at radius 1 is 1.58 bits per heavy atom. The highest BCUT2D eigenvalue weighted by molar-refractivity contribution is 7.94. The SMILES string of the molecule is CCC(NC(=O)CC1C=CS(=O)(=O)C1)c1cccs1.